The number of aromatic nitrogens is 4. The quantitative estimate of drug-likeness (QED) is 0.270. The third-order valence-corrected chi connectivity index (χ3v) is 8.31. The lowest BCUT2D eigenvalue weighted by Gasteiger charge is -2.11. The normalized spacial score (nSPS) is 12.1. The number of halogens is 2. The van der Waals surface area contributed by atoms with Crippen molar-refractivity contribution in [2.45, 2.75) is 30.4 Å². The second-order valence-electron chi connectivity index (χ2n) is 8.96. The van der Waals surface area contributed by atoms with Crippen LogP contribution >= 0.6 is 0 Å². The molecule has 0 aliphatic rings. The number of fused-ring (bicyclic) bond motifs is 1. The van der Waals surface area contributed by atoms with E-state index in [1.807, 2.05) is 30.3 Å². The lowest BCUT2D eigenvalue weighted by molar-refractivity contribution is 0.587. The first-order chi connectivity index (χ1) is 17.7. The summed E-state index contributed by atoms with van der Waals surface area (Å²) in [6.07, 6.45) is 0.444. The molecule has 3 aromatic carbocycles. The summed E-state index contributed by atoms with van der Waals surface area (Å²) in [4.78, 5) is 15.4. The van der Waals surface area contributed by atoms with Gasteiger partial charge in [-0.15, -0.1) is 0 Å². The van der Waals surface area contributed by atoms with E-state index in [9.17, 15) is 17.2 Å². The first-order valence-electron chi connectivity index (χ1n) is 11.8. The lowest BCUT2D eigenvalue weighted by atomic mass is 10.0. The van der Waals surface area contributed by atoms with Crippen LogP contribution in [0, 0.1) is 11.6 Å². The molecule has 5 rings (SSSR count). The summed E-state index contributed by atoms with van der Waals surface area (Å²) in [6.45, 7) is 3.54. The minimum atomic E-state index is -3.74. The van der Waals surface area contributed by atoms with Crippen LogP contribution in [0.4, 0.5) is 8.78 Å². The number of hydrogen-bond acceptors (Lipinski definition) is 5. The van der Waals surface area contributed by atoms with Crippen molar-refractivity contribution >= 4 is 20.9 Å². The Labute approximate surface area is 212 Å². The molecule has 10 heteroatoms. The van der Waals surface area contributed by atoms with Crippen molar-refractivity contribution in [2.75, 3.05) is 6.54 Å². The summed E-state index contributed by atoms with van der Waals surface area (Å²) in [7, 11) is -3.74. The van der Waals surface area contributed by atoms with Crippen molar-refractivity contribution in [1.29, 1.82) is 0 Å². The Morgan fingerprint density at radius 1 is 0.919 bits per heavy atom. The molecule has 0 aliphatic heterocycles. The fourth-order valence-electron chi connectivity index (χ4n) is 4.24. The average Bonchev–Trinajstić information content (AvgIpc) is 3.48. The largest absolute Gasteiger partial charge is 0.342 e. The molecule has 37 heavy (non-hydrogen) atoms. The second-order valence-corrected chi connectivity index (χ2v) is 11.4. The van der Waals surface area contributed by atoms with Crippen LogP contribution in [0.15, 0.2) is 65.6 Å². The highest BCUT2D eigenvalue weighted by atomic mass is 32.2. The van der Waals surface area contributed by atoms with Crippen molar-refractivity contribution in [3.63, 3.8) is 0 Å². The smallest absolute Gasteiger partial charge is 0.182 e. The summed E-state index contributed by atoms with van der Waals surface area (Å²) in [5.41, 5.74) is 8.22. The van der Waals surface area contributed by atoms with Crippen LogP contribution in [-0.2, 0) is 16.3 Å². The number of nitrogens with two attached hydrogens (primary N) is 1. The monoisotopic (exact) mass is 521 g/mol. The van der Waals surface area contributed by atoms with Gasteiger partial charge in [-0.2, -0.15) is 0 Å². The molecular formula is C27H25F2N5O2S. The van der Waals surface area contributed by atoms with Crippen LogP contribution in [0.2, 0.25) is 0 Å². The van der Waals surface area contributed by atoms with Gasteiger partial charge in [0.2, 0.25) is 0 Å². The molecule has 0 atom stereocenters. The van der Waals surface area contributed by atoms with Gasteiger partial charge >= 0.3 is 0 Å². The maximum Gasteiger partial charge on any atom is 0.182 e. The second kappa shape index (κ2) is 9.53. The van der Waals surface area contributed by atoms with Crippen LogP contribution < -0.4 is 5.73 Å². The van der Waals surface area contributed by atoms with Crippen LogP contribution in [0.3, 0.4) is 0 Å². The molecule has 0 bridgehead atoms. The summed E-state index contributed by atoms with van der Waals surface area (Å²) in [5, 5.41) is -0.698. The van der Waals surface area contributed by atoms with Crippen molar-refractivity contribution in [3.05, 3.63) is 78.1 Å². The van der Waals surface area contributed by atoms with Gasteiger partial charge in [0.1, 0.15) is 28.8 Å². The molecule has 0 amide bonds. The van der Waals surface area contributed by atoms with Crippen LogP contribution in [0.25, 0.3) is 44.9 Å². The van der Waals surface area contributed by atoms with E-state index in [4.69, 9.17) is 5.73 Å². The third-order valence-electron chi connectivity index (χ3n) is 6.15. The van der Waals surface area contributed by atoms with Gasteiger partial charge in [0.05, 0.1) is 32.6 Å². The maximum absolute atomic E-state index is 14.7. The van der Waals surface area contributed by atoms with E-state index in [1.165, 1.54) is 12.1 Å². The zero-order valence-electron chi connectivity index (χ0n) is 20.2. The predicted molar refractivity (Wildman–Crippen MR) is 140 cm³/mol. The number of rotatable bonds is 7. The van der Waals surface area contributed by atoms with Crippen molar-refractivity contribution in [1.82, 2.24) is 19.9 Å². The fourth-order valence-corrected chi connectivity index (χ4v) is 5.46. The Morgan fingerprint density at radius 2 is 1.62 bits per heavy atom. The molecule has 0 saturated heterocycles. The minimum Gasteiger partial charge on any atom is -0.342 e. The number of sulfone groups is 1. The predicted octanol–water partition coefficient (Wildman–Crippen LogP) is 5.25. The Morgan fingerprint density at radius 3 is 2.27 bits per heavy atom. The average molecular weight is 522 g/mol. The van der Waals surface area contributed by atoms with Gasteiger partial charge in [0, 0.05) is 17.5 Å². The number of aromatic amines is 2. The van der Waals surface area contributed by atoms with Crippen LogP contribution in [0.1, 0.15) is 19.7 Å². The summed E-state index contributed by atoms with van der Waals surface area (Å²) in [5.74, 6) is -0.975. The minimum absolute atomic E-state index is 0.00810. The topological polar surface area (TPSA) is 118 Å². The summed E-state index contributed by atoms with van der Waals surface area (Å²) in [6, 6.07) is 16.0. The molecule has 0 unspecified atom stereocenters. The molecule has 0 spiro atoms. The molecule has 2 aromatic heterocycles. The molecule has 5 aromatic rings. The number of nitrogens with zero attached hydrogens (tertiary/aromatic N) is 2. The SMILES string of the molecule is CC(C)S(=O)(=O)c1cc(-c2nc(-c3c(F)cccc3F)[nH]c2-c2ccccc2)cc2[nH]c(CCN)nc12. The Hall–Kier alpha value is -3.89. The molecule has 7 nitrogen and oxygen atoms in total. The molecule has 0 saturated carbocycles. The Balaban J connectivity index is 1.82. The molecule has 2 heterocycles. The first-order valence-corrected chi connectivity index (χ1v) is 13.3. The van der Waals surface area contributed by atoms with E-state index in [0.717, 1.165) is 17.7 Å². The van der Waals surface area contributed by atoms with E-state index in [-0.39, 0.29) is 16.3 Å². The zero-order chi connectivity index (χ0) is 26.3. The van der Waals surface area contributed by atoms with Gasteiger partial charge in [0.25, 0.3) is 0 Å². The van der Waals surface area contributed by atoms with Gasteiger partial charge in [-0.25, -0.2) is 27.2 Å². The Kier molecular flexibility index (Phi) is 6.38. The molecule has 0 aliphatic carbocycles. The highest BCUT2D eigenvalue weighted by Gasteiger charge is 2.27. The van der Waals surface area contributed by atoms with Crippen molar-refractivity contribution in [2.24, 2.45) is 5.73 Å². The summed E-state index contributed by atoms with van der Waals surface area (Å²) < 4.78 is 56.1. The fraction of sp³-hybridized carbons (Fsp3) is 0.185. The molecule has 4 N–H and O–H groups in total. The molecule has 0 radical (unpaired) electrons. The van der Waals surface area contributed by atoms with Gasteiger partial charge in [-0.1, -0.05) is 36.4 Å². The van der Waals surface area contributed by atoms with Crippen molar-refractivity contribution in [3.8, 4) is 33.9 Å². The van der Waals surface area contributed by atoms with E-state index in [1.54, 1.807) is 19.9 Å². The van der Waals surface area contributed by atoms with E-state index in [0.29, 0.717) is 46.8 Å². The van der Waals surface area contributed by atoms with Gasteiger partial charge < -0.3 is 15.7 Å². The Bertz CT molecular complexity index is 1690. The standard InChI is InChI=1S/C27H25F2N5O2S/c1-15(2)37(35,36)21-14-17(13-20-26(21)32-22(31-20)11-12-30)25-24(16-7-4-3-5-8-16)33-27(34-25)23-18(28)9-6-10-19(23)29/h3-10,13-15H,11-12,30H2,1-2H3,(H,31,32)(H,33,34). The molecular weight excluding hydrogens is 496 g/mol. The molecule has 190 valence electrons. The van der Waals surface area contributed by atoms with E-state index >= 15 is 0 Å². The van der Waals surface area contributed by atoms with Crippen LogP contribution in [0.5, 0.6) is 0 Å². The highest BCUT2D eigenvalue weighted by Crippen LogP contribution is 2.37. The van der Waals surface area contributed by atoms with E-state index in [2.05, 4.69) is 19.9 Å². The van der Waals surface area contributed by atoms with E-state index < -0.39 is 26.7 Å². The summed E-state index contributed by atoms with van der Waals surface area (Å²) >= 11 is 0. The van der Waals surface area contributed by atoms with Gasteiger partial charge in [-0.3, -0.25) is 0 Å². The van der Waals surface area contributed by atoms with Gasteiger partial charge in [-0.05, 0) is 44.7 Å². The number of nitrogens with one attached hydrogen (secondary N) is 2. The third kappa shape index (κ3) is 4.42. The number of imidazole rings is 2. The highest BCUT2D eigenvalue weighted by molar-refractivity contribution is 7.92. The number of benzene rings is 3. The number of hydrogen-bond donors (Lipinski definition) is 3. The molecule has 0 fully saturated rings. The first kappa shape index (κ1) is 24.8. The number of H-pyrrole nitrogens is 2. The zero-order valence-corrected chi connectivity index (χ0v) is 21.0. The maximum atomic E-state index is 14.7. The van der Waals surface area contributed by atoms with Crippen LogP contribution in [-0.4, -0.2) is 40.1 Å². The van der Waals surface area contributed by atoms with Gasteiger partial charge in [0.15, 0.2) is 9.84 Å². The lowest BCUT2D eigenvalue weighted by Crippen LogP contribution is -2.14. The van der Waals surface area contributed by atoms with Crippen molar-refractivity contribution < 1.29 is 17.2 Å².